The molecule has 0 N–H and O–H groups in total. The van der Waals surface area contributed by atoms with Gasteiger partial charge in [-0.05, 0) is 38.3 Å². The Morgan fingerprint density at radius 1 is 1.29 bits per heavy atom. The van der Waals surface area contributed by atoms with Crippen LogP contribution in [0.4, 0.5) is 8.78 Å². The molecule has 3 atom stereocenters. The van der Waals surface area contributed by atoms with Crippen LogP contribution in [-0.4, -0.2) is 12.2 Å². The van der Waals surface area contributed by atoms with Gasteiger partial charge in [0.05, 0.1) is 17.0 Å². The molecule has 1 aromatic rings. The highest BCUT2D eigenvalue weighted by molar-refractivity contribution is 9.09. The van der Waals surface area contributed by atoms with E-state index in [9.17, 15) is 8.78 Å². The summed E-state index contributed by atoms with van der Waals surface area (Å²) in [6.07, 6.45) is 2.05. The van der Waals surface area contributed by atoms with E-state index in [-0.39, 0.29) is 17.0 Å². The van der Waals surface area contributed by atoms with Crippen LogP contribution in [0.25, 0.3) is 0 Å². The molecule has 1 aromatic carbocycles. The molecule has 3 unspecified atom stereocenters. The highest BCUT2D eigenvalue weighted by atomic mass is 79.9. The van der Waals surface area contributed by atoms with E-state index in [1.165, 1.54) is 0 Å². The van der Waals surface area contributed by atoms with E-state index in [4.69, 9.17) is 4.74 Å². The summed E-state index contributed by atoms with van der Waals surface area (Å²) in [7, 11) is 0. The standard InChI is InChI=1S/C13H15BrF2O/c1-7-5-9(11(16)6-10(7)15)13(14)12-4-3-8(2)17-12/h5-6,8,12-13H,3-4H2,1-2H3. The molecule has 1 nitrogen and oxygen atoms in total. The molecule has 0 aliphatic carbocycles. The summed E-state index contributed by atoms with van der Waals surface area (Å²) in [4.78, 5) is -0.216. The van der Waals surface area contributed by atoms with Gasteiger partial charge in [-0.15, -0.1) is 0 Å². The Labute approximate surface area is 108 Å². The molecule has 0 amide bonds. The van der Waals surface area contributed by atoms with Crippen molar-refractivity contribution in [1.82, 2.24) is 0 Å². The van der Waals surface area contributed by atoms with Gasteiger partial charge >= 0.3 is 0 Å². The van der Waals surface area contributed by atoms with Gasteiger partial charge in [0.1, 0.15) is 11.6 Å². The summed E-state index contributed by atoms with van der Waals surface area (Å²) in [6, 6.07) is 2.49. The van der Waals surface area contributed by atoms with Crippen molar-refractivity contribution in [2.45, 2.75) is 43.7 Å². The molecule has 1 aliphatic heterocycles. The summed E-state index contributed by atoms with van der Waals surface area (Å²) in [5.74, 6) is -1.02. The molecule has 1 saturated heterocycles. The van der Waals surface area contributed by atoms with Gasteiger partial charge in [-0.3, -0.25) is 0 Å². The number of aryl methyl sites for hydroxylation is 1. The highest BCUT2D eigenvalue weighted by Crippen LogP contribution is 2.37. The largest absolute Gasteiger partial charge is 0.374 e. The third-order valence-corrected chi connectivity index (χ3v) is 4.25. The van der Waals surface area contributed by atoms with Crippen LogP contribution in [-0.2, 0) is 4.74 Å². The molecule has 1 fully saturated rings. The molecule has 2 rings (SSSR count). The van der Waals surface area contributed by atoms with Gasteiger partial charge in [0.2, 0.25) is 0 Å². The number of rotatable bonds is 2. The van der Waals surface area contributed by atoms with E-state index in [1.807, 2.05) is 6.92 Å². The molecule has 0 spiro atoms. The van der Waals surface area contributed by atoms with E-state index in [0.29, 0.717) is 11.1 Å². The number of alkyl halides is 1. The van der Waals surface area contributed by atoms with Crippen molar-refractivity contribution >= 4 is 15.9 Å². The van der Waals surface area contributed by atoms with Crippen LogP contribution >= 0.6 is 15.9 Å². The van der Waals surface area contributed by atoms with Crippen LogP contribution in [0.15, 0.2) is 12.1 Å². The number of benzene rings is 1. The molecule has 0 aromatic heterocycles. The van der Waals surface area contributed by atoms with Crippen molar-refractivity contribution in [1.29, 1.82) is 0 Å². The van der Waals surface area contributed by atoms with Crippen LogP contribution in [0, 0.1) is 18.6 Å². The maximum absolute atomic E-state index is 13.7. The molecule has 0 saturated carbocycles. The first-order chi connectivity index (χ1) is 7.99. The molecular weight excluding hydrogens is 290 g/mol. The van der Waals surface area contributed by atoms with E-state index in [1.54, 1.807) is 13.0 Å². The van der Waals surface area contributed by atoms with E-state index in [0.717, 1.165) is 18.9 Å². The Kier molecular flexibility index (Phi) is 3.83. The lowest BCUT2D eigenvalue weighted by atomic mass is 10.0. The van der Waals surface area contributed by atoms with Crippen molar-refractivity contribution in [3.63, 3.8) is 0 Å². The van der Waals surface area contributed by atoms with Gasteiger partial charge in [0.25, 0.3) is 0 Å². The third kappa shape index (κ3) is 2.68. The average Bonchev–Trinajstić information content (AvgIpc) is 2.69. The minimum atomic E-state index is -0.516. The van der Waals surface area contributed by atoms with Crippen LogP contribution in [0.2, 0.25) is 0 Å². The monoisotopic (exact) mass is 304 g/mol. The zero-order chi connectivity index (χ0) is 12.6. The Morgan fingerprint density at radius 3 is 2.59 bits per heavy atom. The first-order valence-electron chi connectivity index (χ1n) is 5.74. The zero-order valence-corrected chi connectivity index (χ0v) is 11.4. The number of hydrogen-bond donors (Lipinski definition) is 0. The molecule has 94 valence electrons. The molecule has 0 radical (unpaired) electrons. The first-order valence-corrected chi connectivity index (χ1v) is 6.65. The zero-order valence-electron chi connectivity index (χ0n) is 9.84. The Hall–Kier alpha value is -0.480. The van der Waals surface area contributed by atoms with Crippen molar-refractivity contribution < 1.29 is 13.5 Å². The van der Waals surface area contributed by atoms with E-state index in [2.05, 4.69) is 15.9 Å². The molecule has 1 heterocycles. The van der Waals surface area contributed by atoms with Crippen molar-refractivity contribution in [3.8, 4) is 0 Å². The SMILES string of the molecule is Cc1cc(C(Br)C2CCC(C)O2)c(F)cc1F. The Balaban J connectivity index is 2.24. The highest BCUT2D eigenvalue weighted by Gasteiger charge is 2.30. The van der Waals surface area contributed by atoms with Crippen LogP contribution < -0.4 is 0 Å². The lowest BCUT2D eigenvalue weighted by Gasteiger charge is -2.19. The molecular formula is C13H15BrF2O. The third-order valence-electron chi connectivity index (χ3n) is 3.17. The first kappa shape index (κ1) is 13.0. The van der Waals surface area contributed by atoms with Gasteiger partial charge in [0.15, 0.2) is 0 Å². The molecule has 0 bridgehead atoms. The fourth-order valence-corrected chi connectivity index (χ4v) is 2.88. The van der Waals surface area contributed by atoms with Crippen molar-refractivity contribution in [3.05, 3.63) is 34.9 Å². The molecule has 17 heavy (non-hydrogen) atoms. The molecule has 1 aliphatic rings. The smallest absolute Gasteiger partial charge is 0.130 e. The summed E-state index contributed by atoms with van der Waals surface area (Å²) >= 11 is 3.46. The van der Waals surface area contributed by atoms with E-state index < -0.39 is 11.6 Å². The van der Waals surface area contributed by atoms with Crippen molar-refractivity contribution in [2.75, 3.05) is 0 Å². The maximum Gasteiger partial charge on any atom is 0.130 e. The minimum absolute atomic E-state index is 0.0376. The quantitative estimate of drug-likeness (QED) is 0.741. The fourth-order valence-electron chi connectivity index (χ4n) is 2.14. The molecule has 4 heteroatoms. The second-order valence-electron chi connectivity index (χ2n) is 4.59. The van der Waals surface area contributed by atoms with Gasteiger partial charge in [-0.2, -0.15) is 0 Å². The topological polar surface area (TPSA) is 9.23 Å². The second-order valence-corrected chi connectivity index (χ2v) is 5.57. The predicted octanol–water partition coefficient (Wildman–Crippen LogP) is 4.28. The van der Waals surface area contributed by atoms with Crippen molar-refractivity contribution in [2.24, 2.45) is 0 Å². The van der Waals surface area contributed by atoms with Crippen LogP contribution in [0.5, 0.6) is 0 Å². The Morgan fingerprint density at radius 2 is 2.00 bits per heavy atom. The Bertz CT molecular complexity index is 422. The van der Waals surface area contributed by atoms with E-state index >= 15 is 0 Å². The van der Waals surface area contributed by atoms with Crippen LogP contribution in [0.3, 0.4) is 0 Å². The van der Waals surface area contributed by atoms with Gasteiger partial charge in [0, 0.05) is 11.6 Å². The van der Waals surface area contributed by atoms with Gasteiger partial charge < -0.3 is 4.74 Å². The number of hydrogen-bond acceptors (Lipinski definition) is 1. The maximum atomic E-state index is 13.7. The fraction of sp³-hybridized carbons (Fsp3) is 0.538. The summed E-state index contributed by atoms with van der Waals surface area (Å²) in [5, 5.41) is 0. The lowest BCUT2D eigenvalue weighted by Crippen LogP contribution is -2.15. The van der Waals surface area contributed by atoms with Gasteiger partial charge in [-0.25, -0.2) is 8.78 Å². The number of ether oxygens (including phenoxy) is 1. The summed E-state index contributed by atoms with van der Waals surface area (Å²) in [6.45, 7) is 3.64. The predicted molar refractivity (Wildman–Crippen MR) is 66.3 cm³/mol. The van der Waals surface area contributed by atoms with Crippen LogP contribution in [0.1, 0.15) is 35.7 Å². The summed E-state index contributed by atoms with van der Waals surface area (Å²) < 4.78 is 32.6. The lowest BCUT2D eigenvalue weighted by molar-refractivity contribution is 0.0551. The number of halogens is 3. The second kappa shape index (κ2) is 5.02. The average molecular weight is 305 g/mol. The summed E-state index contributed by atoms with van der Waals surface area (Å²) in [5.41, 5.74) is 0.930. The normalized spacial score (nSPS) is 26.2. The minimum Gasteiger partial charge on any atom is -0.374 e. The van der Waals surface area contributed by atoms with Gasteiger partial charge in [-0.1, -0.05) is 15.9 Å².